The summed E-state index contributed by atoms with van der Waals surface area (Å²) in [6, 6.07) is 4.56. The SMILES string of the molecule is Cc1ccc(F)c(C=c2[nH]c(=O)c(=Cc3nc[nH]c3C(C)(C)C)[nH]c2=O)c1. The molecule has 0 spiro atoms. The minimum atomic E-state index is -0.519. The monoisotopic (exact) mass is 368 g/mol. The number of rotatable bonds is 2. The average molecular weight is 368 g/mol. The van der Waals surface area contributed by atoms with Gasteiger partial charge in [-0.25, -0.2) is 9.37 Å². The first-order valence-corrected chi connectivity index (χ1v) is 8.51. The van der Waals surface area contributed by atoms with Crippen molar-refractivity contribution >= 4 is 12.2 Å². The number of H-pyrrole nitrogens is 3. The molecule has 0 atom stereocenters. The maximum atomic E-state index is 13.9. The van der Waals surface area contributed by atoms with Crippen molar-refractivity contribution in [3.05, 3.63) is 84.3 Å². The van der Waals surface area contributed by atoms with E-state index < -0.39 is 16.9 Å². The topological polar surface area (TPSA) is 94.4 Å². The molecule has 6 nitrogen and oxygen atoms in total. The van der Waals surface area contributed by atoms with E-state index in [-0.39, 0.29) is 21.7 Å². The van der Waals surface area contributed by atoms with Crippen LogP contribution in [0.25, 0.3) is 12.2 Å². The molecular formula is C20H21FN4O2. The highest BCUT2D eigenvalue weighted by Gasteiger charge is 2.19. The second-order valence-electron chi connectivity index (χ2n) is 7.46. The van der Waals surface area contributed by atoms with Crippen LogP contribution < -0.4 is 21.8 Å². The maximum Gasteiger partial charge on any atom is 0.272 e. The van der Waals surface area contributed by atoms with Crippen LogP contribution >= 0.6 is 0 Å². The number of imidazole rings is 1. The van der Waals surface area contributed by atoms with E-state index in [1.807, 2.05) is 27.7 Å². The van der Waals surface area contributed by atoms with Crippen molar-refractivity contribution in [1.82, 2.24) is 19.9 Å². The van der Waals surface area contributed by atoms with E-state index in [0.717, 1.165) is 11.3 Å². The lowest BCUT2D eigenvalue weighted by Crippen LogP contribution is -2.46. The van der Waals surface area contributed by atoms with E-state index in [1.165, 1.54) is 18.2 Å². The Bertz CT molecular complexity index is 1230. The van der Waals surface area contributed by atoms with Gasteiger partial charge in [0.15, 0.2) is 0 Å². The number of aromatic nitrogens is 4. The molecule has 1 aromatic carbocycles. The maximum absolute atomic E-state index is 13.9. The van der Waals surface area contributed by atoms with Gasteiger partial charge < -0.3 is 15.0 Å². The molecule has 7 heteroatoms. The zero-order valence-electron chi connectivity index (χ0n) is 15.6. The van der Waals surface area contributed by atoms with Crippen molar-refractivity contribution in [2.45, 2.75) is 33.1 Å². The molecule has 3 N–H and O–H groups in total. The van der Waals surface area contributed by atoms with Gasteiger partial charge in [-0.1, -0.05) is 32.4 Å². The Kier molecular flexibility index (Phi) is 4.70. The molecule has 140 valence electrons. The molecule has 0 aliphatic carbocycles. The fourth-order valence-corrected chi connectivity index (χ4v) is 2.78. The summed E-state index contributed by atoms with van der Waals surface area (Å²) in [7, 11) is 0. The summed E-state index contributed by atoms with van der Waals surface area (Å²) in [6.45, 7) is 7.86. The fraction of sp³-hybridized carbons (Fsp3) is 0.250. The van der Waals surface area contributed by atoms with Crippen LogP contribution in [0.1, 0.15) is 43.3 Å². The molecule has 0 aliphatic heterocycles. The molecule has 3 aromatic rings. The Balaban J connectivity index is 2.16. The van der Waals surface area contributed by atoms with Crippen LogP contribution in [-0.4, -0.2) is 19.9 Å². The van der Waals surface area contributed by atoms with E-state index in [1.54, 1.807) is 18.5 Å². The summed E-state index contributed by atoms with van der Waals surface area (Å²) in [5, 5.41) is 0.0687. The summed E-state index contributed by atoms with van der Waals surface area (Å²) in [6.07, 6.45) is 4.39. The van der Waals surface area contributed by atoms with E-state index in [9.17, 15) is 14.0 Å². The van der Waals surface area contributed by atoms with Gasteiger partial charge in [-0.3, -0.25) is 9.59 Å². The summed E-state index contributed by atoms with van der Waals surface area (Å²) >= 11 is 0. The van der Waals surface area contributed by atoms with Crippen LogP contribution in [-0.2, 0) is 5.41 Å². The Hall–Kier alpha value is -3.22. The lowest BCUT2D eigenvalue weighted by atomic mass is 9.90. The van der Waals surface area contributed by atoms with Gasteiger partial charge >= 0.3 is 0 Å². The average Bonchev–Trinajstić information content (AvgIpc) is 3.04. The van der Waals surface area contributed by atoms with Gasteiger partial charge in [-0.15, -0.1) is 0 Å². The van der Waals surface area contributed by atoms with E-state index in [0.29, 0.717) is 5.69 Å². The van der Waals surface area contributed by atoms with Gasteiger partial charge in [0, 0.05) is 16.7 Å². The van der Waals surface area contributed by atoms with Crippen LogP contribution in [0.4, 0.5) is 4.39 Å². The summed E-state index contributed by atoms with van der Waals surface area (Å²) in [5.41, 5.74) is 1.29. The summed E-state index contributed by atoms with van der Waals surface area (Å²) in [5.74, 6) is -0.470. The minimum Gasteiger partial charge on any atom is -0.348 e. The van der Waals surface area contributed by atoms with Crippen LogP contribution in [0.2, 0.25) is 0 Å². The second kappa shape index (κ2) is 6.83. The lowest BCUT2D eigenvalue weighted by Gasteiger charge is -2.16. The molecule has 3 rings (SSSR count). The zero-order valence-corrected chi connectivity index (χ0v) is 15.6. The number of hydrogen-bond donors (Lipinski definition) is 3. The number of halogens is 1. The molecule has 0 bridgehead atoms. The Morgan fingerprint density at radius 3 is 2.30 bits per heavy atom. The van der Waals surface area contributed by atoms with Gasteiger partial charge in [0.05, 0.1) is 12.0 Å². The summed E-state index contributed by atoms with van der Waals surface area (Å²) in [4.78, 5) is 37.1. The standard InChI is InChI=1S/C20H21FN4O2/c1-11-5-6-13(21)12(7-11)8-15-18(26)25-16(19(27)24-15)9-14-17(20(2,3)4)23-10-22-14/h5-10H,1-4H3,(H,22,23)(H,24,27)(H,25,26). The third kappa shape index (κ3) is 3.97. The number of nitrogens with one attached hydrogen (secondary N) is 3. The summed E-state index contributed by atoms with van der Waals surface area (Å²) < 4.78 is 13.9. The largest absolute Gasteiger partial charge is 0.348 e. The van der Waals surface area contributed by atoms with Gasteiger partial charge in [0.2, 0.25) is 0 Å². The Morgan fingerprint density at radius 2 is 1.67 bits per heavy atom. The first-order chi connectivity index (χ1) is 12.6. The van der Waals surface area contributed by atoms with Gasteiger partial charge in [0.25, 0.3) is 11.1 Å². The predicted octanol–water partition coefficient (Wildman–Crippen LogP) is 1.19. The molecule has 0 unspecified atom stereocenters. The van der Waals surface area contributed by atoms with E-state index >= 15 is 0 Å². The molecule has 0 saturated heterocycles. The molecule has 0 aliphatic rings. The van der Waals surface area contributed by atoms with Crippen molar-refractivity contribution < 1.29 is 4.39 Å². The quantitative estimate of drug-likeness (QED) is 0.634. The highest BCUT2D eigenvalue weighted by Crippen LogP contribution is 2.22. The number of hydrogen-bond acceptors (Lipinski definition) is 3. The second-order valence-corrected chi connectivity index (χ2v) is 7.46. The van der Waals surface area contributed by atoms with Gasteiger partial charge in [-0.05, 0) is 31.2 Å². The molecule has 0 amide bonds. The van der Waals surface area contributed by atoms with E-state index in [2.05, 4.69) is 19.9 Å². The fourth-order valence-electron chi connectivity index (χ4n) is 2.78. The molecule has 27 heavy (non-hydrogen) atoms. The first-order valence-electron chi connectivity index (χ1n) is 8.51. The number of aryl methyl sites for hydroxylation is 1. The molecule has 0 radical (unpaired) electrons. The van der Waals surface area contributed by atoms with Gasteiger partial charge in [-0.2, -0.15) is 0 Å². The van der Waals surface area contributed by atoms with Crippen molar-refractivity contribution in [3.63, 3.8) is 0 Å². The lowest BCUT2D eigenvalue weighted by molar-refractivity contribution is 0.571. The van der Waals surface area contributed by atoms with E-state index in [4.69, 9.17) is 0 Å². The third-order valence-corrected chi connectivity index (χ3v) is 4.14. The third-order valence-electron chi connectivity index (χ3n) is 4.14. The van der Waals surface area contributed by atoms with Crippen molar-refractivity contribution in [3.8, 4) is 0 Å². The normalized spacial score (nSPS) is 13.4. The van der Waals surface area contributed by atoms with Crippen molar-refractivity contribution in [1.29, 1.82) is 0 Å². The number of benzene rings is 1. The number of aromatic amines is 3. The number of nitrogens with zero attached hydrogens (tertiary/aromatic N) is 1. The van der Waals surface area contributed by atoms with Crippen molar-refractivity contribution in [2.24, 2.45) is 0 Å². The highest BCUT2D eigenvalue weighted by molar-refractivity contribution is 5.50. The van der Waals surface area contributed by atoms with Crippen LogP contribution in [0.15, 0.2) is 34.1 Å². The zero-order chi connectivity index (χ0) is 19.8. The van der Waals surface area contributed by atoms with Crippen LogP contribution in [0.5, 0.6) is 0 Å². The predicted molar refractivity (Wildman–Crippen MR) is 102 cm³/mol. The van der Waals surface area contributed by atoms with Crippen molar-refractivity contribution in [2.75, 3.05) is 0 Å². The molecule has 0 saturated carbocycles. The first kappa shape index (κ1) is 18.6. The molecule has 0 fully saturated rings. The molecular weight excluding hydrogens is 347 g/mol. The molecule has 2 heterocycles. The van der Waals surface area contributed by atoms with Crippen LogP contribution in [0.3, 0.4) is 0 Å². The Morgan fingerprint density at radius 1 is 1.04 bits per heavy atom. The molecule has 2 aromatic heterocycles. The smallest absolute Gasteiger partial charge is 0.272 e. The Labute approximate surface area is 154 Å². The van der Waals surface area contributed by atoms with Gasteiger partial charge in [0.1, 0.15) is 16.5 Å². The minimum absolute atomic E-state index is 0.0141. The van der Waals surface area contributed by atoms with Crippen LogP contribution in [0, 0.1) is 12.7 Å². The highest BCUT2D eigenvalue weighted by atomic mass is 19.1.